The molecule has 1 aliphatic heterocycles. The minimum absolute atomic E-state index is 0.0472. The van der Waals surface area contributed by atoms with Crippen LogP contribution in [0, 0.1) is 0 Å². The Morgan fingerprint density at radius 3 is 2.47 bits per heavy atom. The van der Waals surface area contributed by atoms with Crippen molar-refractivity contribution >= 4 is 32.5 Å². The molecule has 6 nitrogen and oxygen atoms in total. The number of unbranched alkanes of at least 4 members (excludes halogenated alkanes) is 2. The minimum Gasteiger partial charge on any atom is -0.466 e. The second-order valence-electron chi connectivity index (χ2n) is 8.50. The van der Waals surface area contributed by atoms with Crippen molar-refractivity contribution in [1.29, 1.82) is 0 Å². The minimum atomic E-state index is -4.35. The molecule has 30 heavy (non-hydrogen) atoms. The summed E-state index contributed by atoms with van der Waals surface area (Å²) in [5.74, 6) is -0.164. The van der Waals surface area contributed by atoms with Crippen LogP contribution in [0.1, 0.15) is 58.9 Å². The van der Waals surface area contributed by atoms with E-state index in [0.717, 1.165) is 42.4 Å². The molecule has 0 aromatic heterocycles. The van der Waals surface area contributed by atoms with Gasteiger partial charge in [-0.05, 0) is 43.7 Å². The van der Waals surface area contributed by atoms with Crippen molar-refractivity contribution in [3.05, 3.63) is 35.9 Å². The fourth-order valence-electron chi connectivity index (χ4n) is 4.53. The Morgan fingerprint density at radius 2 is 1.83 bits per heavy atom. The van der Waals surface area contributed by atoms with Crippen molar-refractivity contribution in [3.8, 4) is 0 Å². The molecule has 0 saturated carbocycles. The summed E-state index contributed by atoms with van der Waals surface area (Å²) in [6, 6.07) is 9.15. The van der Waals surface area contributed by atoms with E-state index in [1.807, 2.05) is 12.1 Å². The van der Waals surface area contributed by atoms with Gasteiger partial charge < -0.3 is 9.64 Å². The molecule has 0 fully saturated rings. The quantitative estimate of drug-likeness (QED) is 0.369. The Morgan fingerprint density at radius 1 is 1.17 bits per heavy atom. The summed E-state index contributed by atoms with van der Waals surface area (Å²) in [5.41, 5.74) is 1.80. The van der Waals surface area contributed by atoms with Crippen LogP contribution in [0.3, 0.4) is 0 Å². The highest BCUT2D eigenvalue weighted by molar-refractivity contribution is 7.86. The monoisotopic (exact) mass is 433 g/mol. The van der Waals surface area contributed by atoms with Crippen LogP contribution in [0.4, 0.5) is 5.69 Å². The van der Waals surface area contributed by atoms with Crippen LogP contribution in [-0.2, 0) is 25.1 Å². The molecule has 2 aromatic rings. The first-order valence-electron chi connectivity index (χ1n) is 10.5. The third-order valence-electron chi connectivity index (χ3n) is 6.31. The number of fused-ring (bicyclic) bond motifs is 3. The fraction of sp³-hybridized carbons (Fsp3) is 0.522. The molecule has 3 rings (SSSR count). The van der Waals surface area contributed by atoms with Gasteiger partial charge in [0, 0.05) is 35.5 Å². The summed E-state index contributed by atoms with van der Waals surface area (Å²) in [6.45, 7) is 9.47. The summed E-state index contributed by atoms with van der Waals surface area (Å²) in [6.07, 6.45) is 2.96. The average molecular weight is 434 g/mol. The summed E-state index contributed by atoms with van der Waals surface area (Å²) in [4.78, 5) is 13.7. The Kier molecular flexibility index (Phi) is 6.43. The summed E-state index contributed by atoms with van der Waals surface area (Å²) in [7, 11) is -4.35. The van der Waals surface area contributed by atoms with E-state index in [1.54, 1.807) is 25.1 Å². The lowest BCUT2D eigenvalue weighted by molar-refractivity contribution is -0.143. The number of ether oxygens (including phenoxy) is 1. The molecule has 1 unspecified atom stereocenters. The molecule has 0 bridgehead atoms. The maximum Gasteiger partial charge on any atom is 0.305 e. The van der Waals surface area contributed by atoms with E-state index < -0.39 is 10.1 Å². The van der Waals surface area contributed by atoms with Crippen LogP contribution >= 0.6 is 0 Å². The molecule has 1 heterocycles. The summed E-state index contributed by atoms with van der Waals surface area (Å²) in [5, 5.41) is 1.42. The zero-order valence-corrected chi connectivity index (χ0v) is 19.0. The molecular formula is C23H31NO5S. The third kappa shape index (κ3) is 4.18. The van der Waals surface area contributed by atoms with Crippen molar-refractivity contribution < 1.29 is 22.5 Å². The number of nitrogens with zero attached hydrogens (tertiary/aromatic N) is 1. The zero-order chi connectivity index (χ0) is 22.1. The number of carbonyl (C=O) groups excluding carboxylic acids is 1. The Bertz CT molecular complexity index is 1040. The smallest absolute Gasteiger partial charge is 0.305 e. The second kappa shape index (κ2) is 8.55. The number of carbonyl (C=O) groups is 1. The molecule has 164 valence electrons. The van der Waals surface area contributed by atoms with Gasteiger partial charge in [0.05, 0.1) is 6.61 Å². The number of hydrogen-bond acceptors (Lipinski definition) is 5. The van der Waals surface area contributed by atoms with Crippen LogP contribution in [0.15, 0.2) is 35.2 Å². The van der Waals surface area contributed by atoms with Crippen LogP contribution in [-0.4, -0.2) is 38.1 Å². The van der Waals surface area contributed by atoms with E-state index in [0.29, 0.717) is 18.4 Å². The van der Waals surface area contributed by atoms with Gasteiger partial charge in [0.2, 0.25) is 0 Å². The molecule has 1 aliphatic rings. The standard InChI is InChI=1S/C23H31NO5S/c1-5-29-21(25)13-7-6-10-14-24-16(2)23(3,4)22-18-12-9-8-11-17(18)20(15-19(22)24)30(26,27)28/h8-9,11-12,15-16H,5-7,10,13-14H2,1-4H3,(H,26,27,28). The lowest BCUT2D eigenvalue weighted by Gasteiger charge is -2.31. The van der Waals surface area contributed by atoms with Crippen molar-refractivity contribution in [2.75, 3.05) is 18.1 Å². The molecule has 1 atom stereocenters. The number of esters is 1. The van der Waals surface area contributed by atoms with Crippen molar-refractivity contribution in [2.24, 2.45) is 0 Å². The fourth-order valence-corrected chi connectivity index (χ4v) is 5.24. The first-order chi connectivity index (χ1) is 14.1. The number of anilines is 1. The van der Waals surface area contributed by atoms with Crippen molar-refractivity contribution in [3.63, 3.8) is 0 Å². The van der Waals surface area contributed by atoms with Crippen LogP contribution in [0.5, 0.6) is 0 Å². The highest BCUT2D eigenvalue weighted by Crippen LogP contribution is 2.50. The molecule has 2 aromatic carbocycles. The normalized spacial score (nSPS) is 17.9. The van der Waals surface area contributed by atoms with Crippen molar-refractivity contribution in [1.82, 2.24) is 0 Å². The van der Waals surface area contributed by atoms with E-state index >= 15 is 0 Å². The van der Waals surface area contributed by atoms with Gasteiger partial charge in [-0.1, -0.05) is 44.5 Å². The summed E-state index contributed by atoms with van der Waals surface area (Å²) >= 11 is 0. The topological polar surface area (TPSA) is 83.9 Å². The number of rotatable bonds is 8. The van der Waals surface area contributed by atoms with E-state index in [1.165, 1.54) is 0 Å². The predicted octanol–water partition coefficient (Wildman–Crippen LogP) is 4.70. The van der Waals surface area contributed by atoms with Gasteiger partial charge in [-0.25, -0.2) is 0 Å². The molecule has 7 heteroatoms. The van der Waals surface area contributed by atoms with E-state index in [4.69, 9.17) is 4.74 Å². The van der Waals surface area contributed by atoms with E-state index in [-0.39, 0.29) is 22.3 Å². The van der Waals surface area contributed by atoms with Crippen molar-refractivity contribution in [2.45, 2.75) is 69.7 Å². The van der Waals surface area contributed by atoms with E-state index in [2.05, 4.69) is 25.7 Å². The third-order valence-corrected chi connectivity index (χ3v) is 7.21. The molecule has 0 spiro atoms. The Labute approximate surface area is 179 Å². The summed E-state index contributed by atoms with van der Waals surface area (Å²) < 4.78 is 39.0. The van der Waals surface area contributed by atoms with E-state index in [9.17, 15) is 17.8 Å². The SMILES string of the molecule is CCOC(=O)CCCCCN1c2cc(S(=O)(=O)O)c3ccccc3c2C(C)(C)C1C. The van der Waals surface area contributed by atoms with Crippen LogP contribution < -0.4 is 4.90 Å². The van der Waals surface area contributed by atoms with Gasteiger partial charge in [-0.15, -0.1) is 0 Å². The molecular weight excluding hydrogens is 402 g/mol. The van der Waals surface area contributed by atoms with Crippen LogP contribution in [0.25, 0.3) is 10.8 Å². The Hall–Kier alpha value is -2.12. The molecule has 0 radical (unpaired) electrons. The molecule has 1 N–H and O–H groups in total. The van der Waals surface area contributed by atoms with Gasteiger partial charge in [0.1, 0.15) is 4.90 Å². The lowest BCUT2D eigenvalue weighted by atomic mass is 9.79. The average Bonchev–Trinajstić information content (AvgIpc) is 2.87. The number of hydrogen-bond donors (Lipinski definition) is 1. The van der Waals surface area contributed by atoms with Gasteiger partial charge >= 0.3 is 5.97 Å². The molecule has 0 amide bonds. The maximum absolute atomic E-state index is 12.1. The van der Waals surface area contributed by atoms with Crippen LogP contribution in [0.2, 0.25) is 0 Å². The highest BCUT2D eigenvalue weighted by Gasteiger charge is 2.43. The Balaban J connectivity index is 1.91. The zero-order valence-electron chi connectivity index (χ0n) is 18.1. The van der Waals surface area contributed by atoms with Gasteiger partial charge in [0.15, 0.2) is 0 Å². The number of benzene rings is 2. The van der Waals surface area contributed by atoms with Gasteiger partial charge in [-0.3, -0.25) is 9.35 Å². The second-order valence-corrected chi connectivity index (χ2v) is 9.89. The van der Waals surface area contributed by atoms with Gasteiger partial charge in [0.25, 0.3) is 10.1 Å². The first kappa shape index (κ1) is 22.6. The molecule has 0 saturated heterocycles. The predicted molar refractivity (Wildman–Crippen MR) is 119 cm³/mol. The van der Waals surface area contributed by atoms with Gasteiger partial charge in [-0.2, -0.15) is 8.42 Å². The lowest BCUT2D eigenvalue weighted by Crippen LogP contribution is -2.39. The highest BCUT2D eigenvalue weighted by atomic mass is 32.2. The first-order valence-corrected chi connectivity index (χ1v) is 12.0. The maximum atomic E-state index is 12.1. The molecule has 0 aliphatic carbocycles. The largest absolute Gasteiger partial charge is 0.466 e.